The van der Waals surface area contributed by atoms with Crippen molar-refractivity contribution in [3.63, 3.8) is 0 Å². The van der Waals surface area contributed by atoms with Crippen molar-refractivity contribution in [1.29, 1.82) is 0 Å². The number of halogens is 1. The lowest BCUT2D eigenvalue weighted by Crippen LogP contribution is -2.44. The number of aliphatic carboxylic acids is 1. The van der Waals surface area contributed by atoms with E-state index in [1.165, 1.54) is 11.1 Å². The van der Waals surface area contributed by atoms with Gasteiger partial charge < -0.3 is 10.4 Å². The molecule has 0 amide bonds. The van der Waals surface area contributed by atoms with Crippen LogP contribution in [0, 0.1) is 0 Å². The maximum atomic E-state index is 10.8. The first-order valence-corrected chi connectivity index (χ1v) is 6.61. The van der Waals surface area contributed by atoms with E-state index in [0.717, 1.165) is 23.7 Å². The first-order valence-electron chi connectivity index (χ1n) is 5.82. The van der Waals surface area contributed by atoms with E-state index >= 15 is 0 Å². The van der Waals surface area contributed by atoms with E-state index in [-0.39, 0.29) is 6.04 Å². The van der Waals surface area contributed by atoms with Crippen LogP contribution in [-0.2, 0) is 17.6 Å². The van der Waals surface area contributed by atoms with Gasteiger partial charge in [-0.2, -0.15) is 0 Å². The van der Waals surface area contributed by atoms with Crippen molar-refractivity contribution in [1.82, 2.24) is 5.32 Å². The zero-order valence-corrected chi connectivity index (χ0v) is 11.3. The van der Waals surface area contributed by atoms with E-state index in [2.05, 4.69) is 33.4 Å². The summed E-state index contributed by atoms with van der Waals surface area (Å²) >= 11 is 3.47. The Morgan fingerprint density at radius 3 is 3.00 bits per heavy atom. The number of hydrogen-bond acceptors (Lipinski definition) is 2. The van der Waals surface area contributed by atoms with E-state index < -0.39 is 12.0 Å². The smallest absolute Gasteiger partial charge is 0.320 e. The zero-order chi connectivity index (χ0) is 12.4. The SMILES string of the molecule is C[C@@H](NC1CCc2cc(Br)ccc2C1)C(=O)O. The molecular weight excluding hydrogens is 282 g/mol. The minimum absolute atomic E-state index is 0.273. The van der Waals surface area contributed by atoms with Crippen molar-refractivity contribution in [3.8, 4) is 0 Å². The highest BCUT2D eigenvalue weighted by Gasteiger charge is 2.22. The molecule has 1 aliphatic rings. The molecule has 1 aliphatic carbocycles. The molecule has 2 rings (SSSR count). The van der Waals surface area contributed by atoms with Crippen LogP contribution in [-0.4, -0.2) is 23.2 Å². The van der Waals surface area contributed by atoms with Crippen LogP contribution in [0.4, 0.5) is 0 Å². The average Bonchev–Trinajstić information content (AvgIpc) is 2.29. The second-order valence-electron chi connectivity index (χ2n) is 4.58. The summed E-state index contributed by atoms with van der Waals surface area (Å²) in [5.74, 6) is -0.786. The van der Waals surface area contributed by atoms with Crippen molar-refractivity contribution in [2.45, 2.75) is 38.3 Å². The number of carbonyl (C=O) groups is 1. The third-order valence-electron chi connectivity index (χ3n) is 3.25. The van der Waals surface area contributed by atoms with Crippen LogP contribution in [0.15, 0.2) is 22.7 Å². The largest absolute Gasteiger partial charge is 0.480 e. The second-order valence-corrected chi connectivity index (χ2v) is 5.50. The molecule has 0 radical (unpaired) electrons. The number of carboxylic acids is 1. The molecule has 0 aliphatic heterocycles. The summed E-state index contributed by atoms with van der Waals surface area (Å²) < 4.78 is 1.11. The normalized spacial score (nSPS) is 20.7. The third-order valence-corrected chi connectivity index (χ3v) is 3.75. The highest BCUT2D eigenvalue weighted by molar-refractivity contribution is 9.10. The fourth-order valence-electron chi connectivity index (χ4n) is 2.29. The number of hydrogen-bond donors (Lipinski definition) is 2. The van der Waals surface area contributed by atoms with Crippen molar-refractivity contribution >= 4 is 21.9 Å². The van der Waals surface area contributed by atoms with Gasteiger partial charge in [-0.05, 0) is 49.4 Å². The van der Waals surface area contributed by atoms with Gasteiger partial charge in [0, 0.05) is 10.5 Å². The number of aryl methyl sites for hydroxylation is 1. The predicted molar refractivity (Wildman–Crippen MR) is 70.2 cm³/mol. The monoisotopic (exact) mass is 297 g/mol. The summed E-state index contributed by atoms with van der Waals surface area (Å²) in [6, 6.07) is 6.12. The third kappa shape index (κ3) is 3.07. The quantitative estimate of drug-likeness (QED) is 0.900. The first-order chi connectivity index (χ1) is 8.06. The molecule has 1 aromatic carbocycles. The average molecular weight is 298 g/mol. The highest BCUT2D eigenvalue weighted by atomic mass is 79.9. The van der Waals surface area contributed by atoms with E-state index in [9.17, 15) is 4.79 Å². The van der Waals surface area contributed by atoms with Crippen LogP contribution >= 0.6 is 15.9 Å². The Morgan fingerprint density at radius 2 is 2.29 bits per heavy atom. The summed E-state index contributed by atoms with van der Waals surface area (Å²) in [6.07, 6.45) is 2.93. The minimum Gasteiger partial charge on any atom is -0.480 e. The van der Waals surface area contributed by atoms with Gasteiger partial charge in [-0.15, -0.1) is 0 Å². The summed E-state index contributed by atoms with van der Waals surface area (Å²) in [7, 11) is 0. The molecule has 0 saturated carbocycles. The molecule has 0 heterocycles. The number of nitrogens with one attached hydrogen (secondary N) is 1. The molecule has 1 unspecified atom stereocenters. The molecule has 2 N–H and O–H groups in total. The van der Waals surface area contributed by atoms with Gasteiger partial charge in [-0.25, -0.2) is 0 Å². The Labute approximate surface area is 109 Å². The number of carboxylic acid groups (broad SMARTS) is 1. The van der Waals surface area contributed by atoms with Gasteiger partial charge in [0.2, 0.25) is 0 Å². The van der Waals surface area contributed by atoms with Crippen LogP contribution in [0.3, 0.4) is 0 Å². The lowest BCUT2D eigenvalue weighted by atomic mass is 9.88. The fourth-order valence-corrected chi connectivity index (χ4v) is 2.70. The summed E-state index contributed by atoms with van der Waals surface area (Å²) in [5.41, 5.74) is 2.70. The van der Waals surface area contributed by atoms with Gasteiger partial charge in [0.05, 0.1) is 0 Å². The number of fused-ring (bicyclic) bond motifs is 1. The first kappa shape index (κ1) is 12.6. The molecule has 4 heteroatoms. The van der Waals surface area contributed by atoms with Crippen LogP contribution < -0.4 is 5.32 Å². The van der Waals surface area contributed by atoms with E-state index in [0.29, 0.717) is 0 Å². The molecule has 2 atom stereocenters. The molecule has 0 aromatic heterocycles. The fraction of sp³-hybridized carbons (Fsp3) is 0.462. The van der Waals surface area contributed by atoms with Gasteiger partial charge >= 0.3 is 5.97 Å². The van der Waals surface area contributed by atoms with Gasteiger partial charge in [0.1, 0.15) is 6.04 Å². The van der Waals surface area contributed by atoms with Crippen LogP contribution in [0.2, 0.25) is 0 Å². The van der Waals surface area contributed by atoms with E-state index in [1.807, 2.05) is 6.07 Å². The Balaban J connectivity index is 2.04. The summed E-state index contributed by atoms with van der Waals surface area (Å²) in [6.45, 7) is 1.69. The van der Waals surface area contributed by atoms with Crippen LogP contribution in [0.5, 0.6) is 0 Å². The lowest BCUT2D eigenvalue weighted by molar-refractivity contribution is -0.139. The van der Waals surface area contributed by atoms with E-state index in [1.54, 1.807) is 6.92 Å². The Kier molecular flexibility index (Phi) is 3.84. The minimum atomic E-state index is -0.786. The predicted octanol–water partition coefficient (Wildman–Crippen LogP) is 2.37. The van der Waals surface area contributed by atoms with Crippen LogP contribution in [0.1, 0.15) is 24.5 Å². The molecule has 17 heavy (non-hydrogen) atoms. The van der Waals surface area contributed by atoms with Crippen molar-refractivity contribution in [2.75, 3.05) is 0 Å². The molecule has 1 aromatic rings. The topological polar surface area (TPSA) is 49.3 Å². The van der Waals surface area contributed by atoms with Gasteiger partial charge in [-0.1, -0.05) is 22.0 Å². The van der Waals surface area contributed by atoms with Crippen molar-refractivity contribution in [3.05, 3.63) is 33.8 Å². The number of rotatable bonds is 3. The highest BCUT2D eigenvalue weighted by Crippen LogP contribution is 2.24. The number of benzene rings is 1. The van der Waals surface area contributed by atoms with Crippen molar-refractivity contribution in [2.24, 2.45) is 0 Å². The summed E-state index contributed by atoms with van der Waals surface area (Å²) in [5, 5.41) is 12.0. The molecule has 0 saturated heterocycles. The molecule has 0 fully saturated rings. The Hall–Kier alpha value is -0.870. The molecule has 0 bridgehead atoms. The van der Waals surface area contributed by atoms with Crippen molar-refractivity contribution < 1.29 is 9.90 Å². The Bertz CT molecular complexity index is 433. The lowest BCUT2D eigenvalue weighted by Gasteiger charge is -2.27. The Morgan fingerprint density at radius 1 is 1.53 bits per heavy atom. The maximum absolute atomic E-state index is 10.8. The molecular formula is C13H16BrNO2. The van der Waals surface area contributed by atoms with Crippen LogP contribution in [0.25, 0.3) is 0 Å². The summed E-state index contributed by atoms with van der Waals surface area (Å²) in [4.78, 5) is 10.8. The van der Waals surface area contributed by atoms with Gasteiger partial charge in [0.15, 0.2) is 0 Å². The van der Waals surface area contributed by atoms with Gasteiger partial charge in [0.25, 0.3) is 0 Å². The molecule has 3 nitrogen and oxygen atoms in total. The molecule has 92 valence electrons. The van der Waals surface area contributed by atoms with Gasteiger partial charge in [-0.3, -0.25) is 4.79 Å². The maximum Gasteiger partial charge on any atom is 0.320 e. The zero-order valence-electron chi connectivity index (χ0n) is 9.74. The standard InChI is InChI=1S/C13H16BrNO2/c1-8(13(16)17)15-12-5-3-9-6-11(14)4-2-10(9)7-12/h2,4,6,8,12,15H,3,5,7H2,1H3,(H,16,17)/t8-,12?/m1/s1. The second kappa shape index (κ2) is 5.19. The molecule has 0 spiro atoms. The van der Waals surface area contributed by atoms with E-state index in [4.69, 9.17) is 5.11 Å².